The summed E-state index contributed by atoms with van der Waals surface area (Å²) in [5.74, 6) is 0. The Labute approximate surface area is 104 Å². The molecule has 0 fully saturated rings. The van der Waals surface area contributed by atoms with E-state index in [4.69, 9.17) is 0 Å². The maximum absolute atomic E-state index is 4.50. The summed E-state index contributed by atoms with van der Waals surface area (Å²) in [6.45, 7) is 0. The molecule has 0 radical (unpaired) electrons. The first kappa shape index (κ1) is 24.6. The average molecular weight is 103 g/mol. The van der Waals surface area contributed by atoms with Gasteiger partial charge in [0, 0.05) is 0 Å². The van der Waals surface area contributed by atoms with Crippen LogP contribution in [0.5, 0.6) is 0 Å². The Bertz CT molecular complexity index is 14.5. The van der Waals surface area contributed by atoms with E-state index < -0.39 is 0 Å². The molecule has 0 aliphatic heterocycles. The van der Waals surface area contributed by atoms with Crippen LogP contribution >= 0.6 is 0 Å². The molecule has 0 rings (SSSR count). The molecule has 5 heavy (non-hydrogen) atoms. The predicted octanol–water partition coefficient (Wildman–Crippen LogP) is -9.08. The minimum absolute atomic E-state index is 0. The van der Waals surface area contributed by atoms with Gasteiger partial charge in [-0.25, -0.2) is 0 Å². The van der Waals surface area contributed by atoms with E-state index in [1.165, 1.54) is 7.05 Å². The van der Waals surface area contributed by atoms with Gasteiger partial charge in [0.25, 0.3) is 0 Å². The van der Waals surface area contributed by atoms with Gasteiger partial charge < -0.3 is 10.0 Å². The van der Waals surface area contributed by atoms with Gasteiger partial charge >= 0.3 is 88.7 Å². The van der Waals surface area contributed by atoms with E-state index in [1.807, 2.05) is 0 Å². The molecule has 4 heteroatoms. The van der Waals surface area contributed by atoms with Gasteiger partial charge in [0.2, 0.25) is 0 Å². The summed E-state index contributed by atoms with van der Waals surface area (Å²) < 4.78 is 0. The van der Waals surface area contributed by atoms with Gasteiger partial charge in [-0.2, -0.15) is 0 Å². The topological polar surface area (TPSA) is 26.0 Å². The predicted molar refractivity (Wildman–Crippen MR) is 13.4 cm³/mol. The van der Waals surface area contributed by atoms with Gasteiger partial charge in [0.1, 0.15) is 0 Å². The summed E-state index contributed by atoms with van der Waals surface area (Å²) in [6.07, 6.45) is 0. The van der Waals surface area contributed by atoms with E-state index in [9.17, 15) is 0 Å². The Morgan fingerprint density at radius 3 is 1.00 bits per heavy atom. The Morgan fingerprint density at radius 2 is 1.00 bits per heavy atom. The first-order valence-corrected chi connectivity index (χ1v) is 0.577. The van der Waals surface area contributed by atoms with Crippen LogP contribution in [-0.4, -0.2) is 7.05 Å². The SMILES string of the molecule is CN.[H-].[H-].[H-].[Na+].[Na+].[Na+]. The van der Waals surface area contributed by atoms with Crippen LogP contribution in [0.4, 0.5) is 0 Å². The third-order valence-electron chi connectivity index (χ3n) is 0. The van der Waals surface area contributed by atoms with Gasteiger partial charge in [-0.3, -0.25) is 0 Å². The van der Waals surface area contributed by atoms with Gasteiger partial charge in [0.15, 0.2) is 0 Å². The molecule has 1 nitrogen and oxygen atoms in total. The minimum Gasteiger partial charge on any atom is -1.00 e. The average Bonchev–Trinajstić information content (AvgIpc) is 1.00. The quantitative estimate of drug-likeness (QED) is 0.303. The van der Waals surface area contributed by atoms with Crippen LogP contribution in [0.25, 0.3) is 0 Å². The monoisotopic (exact) mass is 103 g/mol. The van der Waals surface area contributed by atoms with Crippen molar-refractivity contribution in [2.24, 2.45) is 5.73 Å². The van der Waals surface area contributed by atoms with Crippen molar-refractivity contribution in [3.8, 4) is 0 Å². The number of nitrogens with two attached hydrogens (primary N) is 1. The van der Waals surface area contributed by atoms with Gasteiger partial charge in [-0.15, -0.1) is 0 Å². The molecule has 0 aromatic heterocycles. The number of rotatable bonds is 0. The third kappa shape index (κ3) is 19.5. The van der Waals surface area contributed by atoms with Crippen LogP contribution in [0.3, 0.4) is 0 Å². The van der Waals surface area contributed by atoms with E-state index in [0.717, 1.165) is 0 Å². The second-order valence-corrected chi connectivity index (χ2v) is 0. The van der Waals surface area contributed by atoms with Crippen molar-refractivity contribution in [1.29, 1.82) is 0 Å². The second kappa shape index (κ2) is 28.2. The number of hydrogen-bond donors (Lipinski definition) is 1. The van der Waals surface area contributed by atoms with Gasteiger partial charge in [-0.1, -0.05) is 0 Å². The molecule has 0 bridgehead atoms. The van der Waals surface area contributed by atoms with Gasteiger partial charge in [-0.05, 0) is 7.05 Å². The van der Waals surface area contributed by atoms with E-state index >= 15 is 0 Å². The fourth-order valence-corrected chi connectivity index (χ4v) is 0. The first-order chi connectivity index (χ1) is 1.00. The molecule has 0 aliphatic rings. The molecule has 0 atom stereocenters. The zero-order valence-corrected chi connectivity index (χ0v) is 10.6. The van der Waals surface area contributed by atoms with Crippen molar-refractivity contribution in [3.05, 3.63) is 0 Å². The molecule has 0 aromatic carbocycles. The first-order valence-electron chi connectivity index (χ1n) is 0.577. The Hall–Kier alpha value is 2.96. The van der Waals surface area contributed by atoms with E-state index in [2.05, 4.69) is 5.73 Å². The molecule has 0 amide bonds. The normalized spacial score (nSPS) is 1.20. The zero-order chi connectivity index (χ0) is 2.00. The van der Waals surface area contributed by atoms with Crippen LogP contribution in [0.1, 0.15) is 4.28 Å². The largest absolute Gasteiger partial charge is 1.00 e. The molecule has 2 N–H and O–H groups in total. The molecule has 0 unspecified atom stereocenters. The smallest absolute Gasteiger partial charge is 1.00 e. The summed E-state index contributed by atoms with van der Waals surface area (Å²) >= 11 is 0. The van der Waals surface area contributed by atoms with Crippen molar-refractivity contribution < 1.29 is 93.0 Å². The summed E-state index contributed by atoms with van der Waals surface area (Å²) in [5.41, 5.74) is 4.50. The fourth-order valence-electron chi connectivity index (χ4n) is 0. The summed E-state index contributed by atoms with van der Waals surface area (Å²) in [5, 5.41) is 0. The maximum Gasteiger partial charge on any atom is 1.00 e. The fraction of sp³-hybridized carbons (Fsp3) is 1.00. The van der Waals surface area contributed by atoms with Crippen LogP contribution < -0.4 is 94.4 Å². The summed E-state index contributed by atoms with van der Waals surface area (Å²) in [6, 6.07) is 0. The van der Waals surface area contributed by atoms with Crippen LogP contribution in [0.15, 0.2) is 0 Å². The Balaban J connectivity index is -0.000000000333. The molecular formula is CH8NNa3. The standard InChI is InChI=1S/CH5N.3Na.3H/c1-2;;;;;;/h2H2,1H3;;;;;;/q;3*+1;3*-1. The molecule has 0 heterocycles. The maximum atomic E-state index is 4.50. The second-order valence-electron chi connectivity index (χ2n) is 0. The minimum atomic E-state index is 0. The van der Waals surface area contributed by atoms with Crippen molar-refractivity contribution in [3.63, 3.8) is 0 Å². The molecule has 20 valence electrons. The summed E-state index contributed by atoms with van der Waals surface area (Å²) in [4.78, 5) is 0. The summed E-state index contributed by atoms with van der Waals surface area (Å²) in [7, 11) is 1.50. The molecule has 0 saturated heterocycles. The van der Waals surface area contributed by atoms with Crippen molar-refractivity contribution >= 4 is 0 Å². The van der Waals surface area contributed by atoms with Crippen molar-refractivity contribution in [1.82, 2.24) is 0 Å². The molecule has 0 aromatic rings. The van der Waals surface area contributed by atoms with Crippen molar-refractivity contribution in [2.45, 2.75) is 0 Å². The zero-order valence-electron chi connectivity index (χ0n) is 7.58. The Morgan fingerprint density at radius 1 is 1.00 bits per heavy atom. The van der Waals surface area contributed by atoms with Crippen LogP contribution in [0, 0.1) is 0 Å². The molecule has 0 spiro atoms. The molecule has 0 saturated carbocycles. The van der Waals surface area contributed by atoms with Gasteiger partial charge in [0.05, 0.1) is 0 Å². The van der Waals surface area contributed by atoms with E-state index in [0.29, 0.717) is 0 Å². The van der Waals surface area contributed by atoms with Crippen LogP contribution in [0.2, 0.25) is 0 Å². The molecular weight excluding hydrogens is 95.0 g/mol. The van der Waals surface area contributed by atoms with E-state index in [-0.39, 0.29) is 93.0 Å². The van der Waals surface area contributed by atoms with E-state index in [1.54, 1.807) is 0 Å². The Kier molecular flexibility index (Phi) is 139. The molecule has 0 aliphatic carbocycles. The van der Waals surface area contributed by atoms with Crippen LogP contribution in [-0.2, 0) is 0 Å². The third-order valence-corrected chi connectivity index (χ3v) is 0. The number of hydrogen-bond acceptors (Lipinski definition) is 1. The van der Waals surface area contributed by atoms with Crippen molar-refractivity contribution in [2.75, 3.05) is 7.05 Å².